The van der Waals surface area contributed by atoms with Gasteiger partial charge in [0.15, 0.2) is 17.1 Å². The van der Waals surface area contributed by atoms with Crippen LogP contribution in [0.1, 0.15) is 15.9 Å². The third-order valence-electron chi connectivity index (χ3n) is 5.50. The van der Waals surface area contributed by atoms with E-state index in [0.29, 0.717) is 11.5 Å². The molecule has 0 fully saturated rings. The Balaban J connectivity index is 1.28. The summed E-state index contributed by atoms with van der Waals surface area (Å²) in [6.45, 7) is -0.0457. The molecule has 0 unspecified atom stereocenters. The molecule has 12 nitrogen and oxygen atoms in total. The minimum absolute atomic E-state index is 0.00899. The molecule has 0 saturated carbocycles. The molecule has 3 aromatic carbocycles. The van der Waals surface area contributed by atoms with Crippen molar-refractivity contribution in [3.63, 3.8) is 0 Å². The summed E-state index contributed by atoms with van der Waals surface area (Å²) in [5.41, 5.74) is 1.27. The fraction of sp³-hybridized carbons (Fsp3) is 0.125. The number of benzene rings is 3. The van der Waals surface area contributed by atoms with E-state index in [4.69, 9.17) is 13.9 Å². The van der Waals surface area contributed by atoms with E-state index in [2.05, 4.69) is 10.6 Å². The summed E-state index contributed by atoms with van der Waals surface area (Å²) in [6, 6.07) is 15.4. The van der Waals surface area contributed by atoms with E-state index in [1.165, 1.54) is 12.1 Å². The van der Waals surface area contributed by atoms with Gasteiger partial charge in [-0.15, -0.1) is 0 Å². The number of aromatic nitrogens is 1. The number of fused-ring (bicyclic) bond motifs is 2. The van der Waals surface area contributed by atoms with Crippen molar-refractivity contribution < 1.29 is 28.4 Å². The van der Waals surface area contributed by atoms with Gasteiger partial charge < -0.3 is 24.5 Å². The average molecular weight is 490 g/mol. The van der Waals surface area contributed by atoms with Crippen molar-refractivity contribution in [1.29, 1.82) is 0 Å². The fourth-order valence-corrected chi connectivity index (χ4v) is 3.77. The first-order valence-electron chi connectivity index (χ1n) is 10.7. The molecule has 2 heterocycles. The molecule has 0 radical (unpaired) electrons. The molecule has 1 aromatic heterocycles. The Hall–Kier alpha value is -5.13. The zero-order valence-electron chi connectivity index (χ0n) is 18.6. The third kappa shape index (κ3) is 4.46. The van der Waals surface area contributed by atoms with Crippen LogP contribution in [0.4, 0.5) is 11.4 Å². The van der Waals surface area contributed by atoms with Gasteiger partial charge in [0, 0.05) is 12.6 Å². The Morgan fingerprint density at radius 3 is 2.67 bits per heavy atom. The number of para-hydroxylation sites is 1. The second-order valence-electron chi connectivity index (χ2n) is 7.83. The first kappa shape index (κ1) is 22.7. The maximum Gasteiger partial charge on any atom is 0.420 e. The first-order valence-corrected chi connectivity index (χ1v) is 10.7. The highest BCUT2D eigenvalue weighted by Crippen LogP contribution is 2.32. The van der Waals surface area contributed by atoms with Crippen LogP contribution in [0.25, 0.3) is 11.1 Å². The van der Waals surface area contributed by atoms with Gasteiger partial charge in [-0.25, -0.2) is 4.79 Å². The highest BCUT2D eigenvalue weighted by molar-refractivity contribution is 6.03. The summed E-state index contributed by atoms with van der Waals surface area (Å²) in [5.74, 6) is -0.599. The number of non-ortho nitro benzene ring substituents is 1. The topological polar surface area (TPSA) is 155 Å². The molecule has 5 rings (SSSR count). The van der Waals surface area contributed by atoms with Crippen LogP contribution in [-0.4, -0.2) is 28.1 Å². The maximum atomic E-state index is 12.8. The smallest absolute Gasteiger partial charge is 0.420 e. The third-order valence-corrected chi connectivity index (χ3v) is 5.50. The molecule has 0 spiro atoms. The molecule has 2 amide bonds. The number of nitro groups is 1. The zero-order chi connectivity index (χ0) is 25.2. The Labute approximate surface area is 202 Å². The van der Waals surface area contributed by atoms with Gasteiger partial charge in [0.2, 0.25) is 12.7 Å². The number of nitrogens with one attached hydrogen (secondary N) is 2. The van der Waals surface area contributed by atoms with Crippen molar-refractivity contribution >= 4 is 34.3 Å². The number of carbonyl (C=O) groups excluding carboxylic acids is 2. The summed E-state index contributed by atoms with van der Waals surface area (Å²) < 4.78 is 16.7. The molecule has 1 aliphatic heterocycles. The van der Waals surface area contributed by atoms with Crippen LogP contribution < -0.4 is 25.9 Å². The van der Waals surface area contributed by atoms with Gasteiger partial charge in [-0.2, -0.15) is 0 Å². The molecule has 0 aliphatic carbocycles. The number of nitrogens with zero attached hydrogens (tertiary/aromatic N) is 2. The lowest BCUT2D eigenvalue weighted by Crippen LogP contribution is -2.27. The molecule has 0 bridgehead atoms. The molecule has 2 N–H and O–H groups in total. The quantitative estimate of drug-likeness (QED) is 0.296. The second kappa shape index (κ2) is 9.25. The lowest BCUT2D eigenvalue weighted by Gasteiger charge is -2.12. The van der Waals surface area contributed by atoms with Crippen LogP contribution in [-0.2, 0) is 17.9 Å². The fourth-order valence-electron chi connectivity index (χ4n) is 3.77. The van der Waals surface area contributed by atoms with E-state index < -0.39 is 29.0 Å². The monoisotopic (exact) mass is 490 g/mol. The molecular weight excluding hydrogens is 472 g/mol. The van der Waals surface area contributed by atoms with Gasteiger partial charge in [-0.1, -0.05) is 18.2 Å². The molecule has 182 valence electrons. The van der Waals surface area contributed by atoms with Crippen LogP contribution in [0.2, 0.25) is 0 Å². The molecule has 36 heavy (non-hydrogen) atoms. The van der Waals surface area contributed by atoms with Crippen molar-refractivity contribution in [2.75, 3.05) is 12.1 Å². The number of hydrogen-bond acceptors (Lipinski definition) is 8. The van der Waals surface area contributed by atoms with Gasteiger partial charge >= 0.3 is 5.76 Å². The number of nitro benzene ring substituents is 1. The van der Waals surface area contributed by atoms with Gasteiger partial charge in [0.1, 0.15) is 6.54 Å². The van der Waals surface area contributed by atoms with Gasteiger partial charge in [-0.3, -0.25) is 24.3 Å². The zero-order valence-corrected chi connectivity index (χ0v) is 18.6. The van der Waals surface area contributed by atoms with Gasteiger partial charge in [0.25, 0.3) is 11.6 Å². The Kier molecular flexibility index (Phi) is 5.82. The minimum atomic E-state index is -0.838. The van der Waals surface area contributed by atoms with Crippen molar-refractivity contribution in [3.8, 4) is 11.5 Å². The lowest BCUT2D eigenvalue weighted by molar-refractivity contribution is -0.384. The van der Waals surface area contributed by atoms with E-state index in [-0.39, 0.29) is 41.4 Å². The Bertz CT molecular complexity index is 1570. The molecule has 0 saturated heterocycles. The number of amides is 2. The SMILES string of the molecule is O=C(Cn1c(=O)oc2cc([N+](=O)[O-])ccc21)Nc1ccccc1C(=O)NCc1ccc2c(c1)OCO2. The predicted octanol–water partition coefficient (Wildman–Crippen LogP) is 2.80. The Morgan fingerprint density at radius 2 is 1.83 bits per heavy atom. The molecule has 4 aromatic rings. The van der Waals surface area contributed by atoms with Crippen LogP contribution in [0.15, 0.2) is 69.9 Å². The number of hydrogen-bond donors (Lipinski definition) is 2. The summed E-state index contributed by atoms with van der Waals surface area (Å²) >= 11 is 0. The number of oxazole rings is 1. The normalized spacial score (nSPS) is 11.9. The highest BCUT2D eigenvalue weighted by atomic mass is 16.7. The number of anilines is 1. The van der Waals surface area contributed by atoms with Crippen LogP contribution in [0.3, 0.4) is 0 Å². The standard InChI is InChI=1S/C24H18N4O8/c29-22(12-27-18-7-6-15(28(32)33)10-20(18)36-24(27)31)26-17-4-2-1-3-16(17)23(30)25-11-14-5-8-19-21(9-14)35-13-34-19/h1-10H,11-13H2,(H,25,30)(H,26,29). The number of ether oxygens (including phenoxy) is 2. The van der Waals surface area contributed by atoms with Crippen LogP contribution >= 0.6 is 0 Å². The van der Waals surface area contributed by atoms with Crippen LogP contribution in [0, 0.1) is 10.1 Å². The van der Waals surface area contributed by atoms with Crippen molar-refractivity contribution in [2.45, 2.75) is 13.1 Å². The maximum absolute atomic E-state index is 12.8. The van der Waals surface area contributed by atoms with Gasteiger partial charge in [0.05, 0.1) is 27.8 Å². The van der Waals surface area contributed by atoms with E-state index in [1.54, 1.807) is 36.4 Å². The number of rotatable bonds is 7. The average Bonchev–Trinajstić information content (AvgIpc) is 3.46. The Morgan fingerprint density at radius 1 is 1.03 bits per heavy atom. The van der Waals surface area contributed by atoms with E-state index in [1.807, 2.05) is 6.07 Å². The van der Waals surface area contributed by atoms with Gasteiger partial charge in [-0.05, 0) is 35.9 Å². The lowest BCUT2D eigenvalue weighted by atomic mass is 10.1. The van der Waals surface area contributed by atoms with E-state index in [9.17, 15) is 24.5 Å². The molecular formula is C24H18N4O8. The minimum Gasteiger partial charge on any atom is -0.454 e. The summed E-state index contributed by atoms with van der Waals surface area (Å²) in [7, 11) is 0. The van der Waals surface area contributed by atoms with Crippen molar-refractivity contribution in [2.24, 2.45) is 0 Å². The summed E-state index contributed by atoms with van der Waals surface area (Å²) in [6.07, 6.45) is 0. The predicted molar refractivity (Wildman–Crippen MR) is 126 cm³/mol. The summed E-state index contributed by atoms with van der Waals surface area (Å²) in [4.78, 5) is 48.2. The number of carbonyl (C=O) groups is 2. The van der Waals surface area contributed by atoms with E-state index >= 15 is 0 Å². The highest BCUT2D eigenvalue weighted by Gasteiger charge is 2.19. The second-order valence-corrected chi connectivity index (χ2v) is 7.83. The molecule has 0 atom stereocenters. The van der Waals surface area contributed by atoms with Crippen LogP contribution in [0.5, 0.6) is 11.5 Å². The van der Waals surface area contributed by atoms with E-state index in [0.717, 1.165) is 16.2 Å². The summed E-state index contributed by atoms with van der Waals surface area (Å²) in [5, 5.41) is 16.4. The first-order chi connectivity index (χ1) is 17.4. The molecule has 1 aliphatic rings. The molecule has 12 heteroatoms. The van der Waals surface area contributed by atoms with Crippen molar-refractivity contribution in [3.05, 3.63) is 92.5 Å². The largest absolute Gasteiger partial charge is 0.454 e. The van der Waals surface area contributed by atoms with Crippen molar-refractivity contribution in [1.82, 2.24) is 9.88 Å².